The van der Waals surface area contributed by atoms with E-state index in [0.29, 0.717) is 0 Å². The fourth-order valence-electron chi connectivity index (χ4n) is 21.1. The molecule has 63 heavy (non-hydrogen) atoms. The first-order valence-electron chi connectivity index (χ1n) is 29.2. The highest BCUT2D eigenvalue weighted by atomic mass is 14.7. The molecule has 0 spiro atoms. The summed E-state index contributed by atoms with van der Waals surface area (Å²) in [4.78, 5) is 0. The van der Waals surface area contributed by atoms with Gasteiger partial charge in [-0.1, -0.05) is 180 Å². The molecule has 0 radical (unpaired) electrons. The van der Waals surface area contributed by atoms with Crippen LogP contribution in [0.3, 0.4) is 0 Å². The average Bonchev–Trinajstić information content (AvgIpc) is 3.25. The van der Waals surface area contributed by atoms with Crippen LogP contribution in [-0.2, 0) is 0 Å². The maximum Gasteiger partial charge on any atom is -0.0313 e. The highest BCUT2D eigenvalue weighted by Gasteiger charge is 2.65. The molecule has 6 aliphatic carbocycles. The van der Waals surface area contributed by atoms with Crippen LogP contribution in [0, 0.1) is 213 Å². The molecule has 26 atom stereocenters. The van der Waals surface area contributed by atoms with Crippen molar-refractivity contribution in [2.24, 2.45) is 213 Å². The summed E-state index contributed by atoms with van der Waals surface area (Å²) in [6.45, 7) is 71.1. The van der Waals surface area contributed by atoms with Gasteiger partial charge in [0.15, 0.2) is 0 Å². The van der Waals surface area contributed by atoms with Crippen LogP contribution in [0.5, 0.6) is 0 Å². The molecule has 6 fully saturated rings. The molecule has 0 heteroatoms. The number of rotatable bonds is 6. The Balaban J connectivity index is 1.58. The summed E-state index contributed by atoms with van der Waals surface area (Å²) in [5.74, 6) is 28.9. The van der Waals surface area contributed by atoms with Gasteiger partial charge in [-0.25, -0.2) is 0 Å². The first-order valence-corrected chi connectivity index (χ1v) is 29.2. The van der Waals surface area contributed by atoms with E-state index in [9.17, 15) is 0 Å². The Morgan fingerprint density at radius 1 is 0.127 bits per heavy atom. The van der Waals surface area contributed by atoms with Crippen molar-refractivity contribution in [3.05, 3.63) is 0 Å². The normalized spacial score (nSPS) is 63.1. The van der Waals surface area contributed by atoms with Gasteiger partial charge in [-0.15, -0.1) is 0 Å². The lowest BCUT2D eigenvalue weighted by molar-refractivity contribution is -0.207. The van der Waals surface area contributed by atoms with Gasteiger partial charge >= 0.3 is 0 Å². The quantitative estimate of drug-likeness (QED) is 0.249. The van der Waals surface area contributed by atoms with Crippen LogP contribution in [0.2, 0.25) is 0 Å². The van der Waals surface area contributed by atoms with Gasteiger partial charge in [0.1, 0.15) is 0 Å². The molecule has 0 aromatic carbocycles. The maximum atomic E-state index is 2.88. The average molecular weight is 874 g/mol. The Bertz CT molecular complexity index is 1400. The molecular weight excluding hydrogens is 757 g/mol. The first kappa shape index (κ1) is 52.4. The molecule has 368 valence electrons. The predicted molar refractivity (Wildman–Crippen MR) is 278 cm³/mol. The predicted octanol–water partition coefficient (Wildman–Crippen LogP) is 18.2. The molecule has 0 heterocycles. The van der Waals surface area contributed by atoms with E-state index in [2.05, 4.69) is 180 Å². The number of hydrogen-bond acceptors (Lipinski definition) is 0. The van der Waals surface area contributed by atoms with Crippen molar-refractivity contribution in [3.8, 4) is 0 Å². The van der Waals surface area contributed by atoms with E-state index in [0.717, 1.165) is 213 Å². The molecule has 26 unspecified atom stereocenters. The van der Waals surface area contributed by atoms with Crippen LogP contribution in [0.4, 0.5) is 0 Å². The molecule has 0 saturated heterocycles. The Morgan fingerprint density at radius 3 is 0.476 bits per heavy atom. The summed E-state index contributed by atoms with van der Waals surface area (Å²) in [6, 6.07) is 0. The Morgan fingerprint density at radius 2 is 0.254 bits per heavy atom. The maximum absolute atomic E-state index is 2.88. The third-order valence-electron chi connectivity index (χ3n) is 28.2. The van der Waals surface area contributed by atoms with Crippen LogP contribution >= 0.6 is 0 Å². The minimum Gasteiger partial charge on any atom is -0.0620 e. The van der Waals surface area contributed by atoms with Crippen LogP contribution in [0.15, 0.2) is 0 Å². The van der Waals surface area contributed by atoms with E-state index < -0.39 is 0 Å². The molecule has 0 aromatic heterocycles. The van der Waals surface area contributed by atoms with Crippen LogP contribution in [0.25, 0.3) is 0 Å². The lowest BCUT2D eigenvalue weighted by Crippen LogP contribution is -2.64. The van der Waals surface area contributed by atoms with Crippen LogP contribution < -0.4 is 0 Å². The van der Waals surface area contributed by atoms with Gasteiger partial charge < -0.3 is 0 Å². The smallest absolute Gasteiger partial charge is 0.0313 e. The van der Waals surface area contributed by atoms with Crippen molar-refractivity contribution in [2.75, 3.05) is 0 Å². The minimum absolute atomic E-state index is 0.767. The van der Waals surface area contributed by atoms with Crippen molar-refractivity contribution in [1.29, 1.82) is 0 Å². The molecule has 6 saturated carbocycles. The second-order valence-corrected chi connectivity index (χ2v) is 28.5. The topological polar surface area (TPSA) is 0 Å². The first-order chi connectivity index (χ1) is 29.2. The Labute approximate surface area is 397 Å². The molecule has 0 N–H and O–H groups in total. The van der Waals surface area contributed by atoms with E-state index >= 15 is 0 Å². The summed E-state index contributed by atoms with van der Waals surface area (Å²) in [5, 5.41) is 0. The molecule has 0 aliphatic heterocycles. The lowest BCUT2D eigenvalue weighted by Gasteiger charge is -2.68. The lowest BCUT2D eigenvalue weighted by atomic mass is 9.37. The Kier molecular flexibility index (Phi) is 16.1. The van der Waals surface area contributed by atoms with Crippen molar-refractivity contribution in [2.45, 2.75) is 186 Å². The molecule has 0 bridgehead atoms. The highest BCUT2D eigenvalue weighted by Crippen LogP contribution is 2.69. The SMILES string of the molecule is CC1C(C)C(C)C(CC2C(C)C(C)C(C3C(C4C(C)C(C)C(C)C(C)C4C)C(C)C(C)C(C4C(C)C(C)C(C)C(C)C4C)C3C3C(C)C(C)C(C)C(C)C3C)C(C)C2C)C(C)C1C. The zero-order chi connectivity index (χ0) is 47.5. The van der Waals surface area contributed by atoms with Crippen LogP contribution in [0.1, 0.15) is 186 Å². The molecular formula is C63H116. The van der Waals surface area contributed by atoms with Gasteiger partial charge in [-0.05, 0) is 219 Å². The second kappa shape index (κ2) is 19.4. The zero-order valence-corrected chi connectivity index (χ0v) is 47.5. The fraction of sp³-hybridized carbons (Fsp3) is 1.00. The molecule has 6 aliphatic rings. The van der Waals surface area contributed by atoms with Gasteiger partial charge in [0.25, 0.3) is 0 Å². The van der Waals surface area contributed by atoms with E-state index in [4.69, 9.17) is 0 Å². The van der Waals surface area contributed by atoms with Gasteiger partial charge in [0, 0.05) is 0 Å². The Hall–Kier alpha value is 0. The molecule has 0 amide bonds. The summed E-state index contributed by atoms with van der Waals surface area (Å²) < 4.78 is 0. The van der Waals surface area contributed by atoms with Crippen molar-refractivity contribution >= 4 is 0 Å². The minimum atomic E-state index is 0.767. The zero-order valence-electron chi connectivity index (χ0n) is 47.5. The fourth-order valence-corrected chi connectivity index (χ4v) is 21.1. The largest absolute Gasteiger partial charge is 0.0620 e. The summed E-state index contributed by atoms with van der Waals surface area (Å²) in [7, 11) is 0. The van der Waals surface area contributed by atoms with Crippen molar-refractivity contribution < 1.29 is 0 Å². The van der Waals surface area contributed by atoms with Crippen molar-refractivity contribution in [3.63, 3.8) is 0 Å². The second-order valence-electron chi connectivity index (χ2n) is 28.5. The van der Waals surface area contributed by atoms with E-state index in [1.165, 1.54) is 6.42 Å². The summed E-state index contributed by atoms with van der Waals surface area (Å²) in [5.41, 5.74) is 0. The summed E-state index contributed by atoms with van der Waals surface area (Å²) in [6.07, 6.45) is 1.47. The number of hydrogen-bond donors (Lipinski definition) is 0. The molecule has 6 rings (SSSR count). The summed E-state index contributed by atoms with van der Waals surface area (Å²) >= 11 is 0. The van der Waals surface area contributed by atoms with Crippen molar-refractivity contribution in [1.82, 2.24) is 0 Å². The monoisotopic (exact) mass is 873 g/mol. The van der Waals surface area contributed by atoms with E-state index in [-0.39, 0.29) is 0 Å². The van der Waals surface area contributed by atoms with E-state index in [1.807, 2.05) is 0 Å². The van der Waals surface area contributed by atoms with Gasteiger partial charge in [-0.2, -0.15) is 0 Å². The van der Waals surface area contributed by atoms with Gasteiger partial charge in [0.05, 0.1) is 0 Å². The molecule has 0 aromatic rings. The highest BCUT2D eigenvalue weighted by molar-refractivity contribution is 5.12. The third-order valence-corrected chi connectivity index (χ3v) is 28.2. The standard InChI is InChI=1S/C63H116/c1-28-32(5)40(13)54(41(14)33(28)6)27-55-42(15)50(23)59(51(24)43(55)16)63-61(57-46(19)36(9)30(3)37(10)47(57)20)53(26)52(25)60(56-44(17)34(7)29(2)35(8)45(56)18)62(63)58-48(21)38(11)31(4)39(12)49(58)22/h28-63H,27H2,1-26H3. The molecule has 0 nitrogen and oxygen atoms in total. The van der Waals surface area contributed by atoms with Gasteiger partial charge in [-0.3, -0.25) is 0 Å². The van der Waals surface area contributed by atoms with Crippen LogP contribution in [-0.4, -0.2) is 0 Å². The van der Waals surface area contributed by atoms with E-state index in [1.54, 1.807) is 0 Å². The van der Waals surface area contributed by atoms with Gasteiger partial charge in [0.2, 0.25) is 0 Å². The third kappa shape index (κ3) is 8.30.